The van der Waals surface area contributed by atoms with Crippen molar-refractivity contribution in [2.24, 2.45) is 5.73 Å². The third-order valence-corrected chi connectivity index (χ3v) is 6.62. The number of amides is 1. The van der Waals surface area contributed by atoms with Crippen molar-refractivity contribution in [1.29, 1.82) is 0 Å². The zero-order chi connectivity index (χ0) is 20.9. The number of hydrogen-bond donors (Lipinski definition) is 7. The first kappa shape index (κ1) is 25.0. The van der Waals surface area contributed by atoms with Gasteiger partial charge in [-0.1, -0.05) is 0 Å². The Morgan fingerprint density at radius 1 is 1.04 bits per heavy atom. The Hall–Kier alpha value is -0.0500. The minimum atomic E-state index is -1.47. The molecule has 1 rings (SSSR count). The summed E-state index contributed by atoms with van der Waals surface area (Å²) in [6, 6.07) is 0. The zero-order valence-corrected chi connectivity index (χ0v) is 20.1. The van der Waals surface area contributed by atoms with Crippen LogP contribution in [-0.4, -0.2) is 70.5 Å². The first-order valence-electron chi connectivity index (χ1n) is 7.35. The molecule has 0 aliphatic carbocycles. The summed E-state index contributed by atoms with van der Waals surface area (Å²) in [5.74, 6) is -1.52. The second-order valence-corrected chi connectivity index (χ2v) is 8.51. The number of aliphatic hydroxyl groups excluding tert-OH is 4. The summed E-state index contributed by atoms with van der Waals surface area (Å²) in [5, 5.41) is 39.0. The third-order valence-electron chi connectivity index (χ3n) is 3.30. The van der Waals surface area contributed by atoms with Gasteiger partial charge in [0, 0.05) is 10.1 Å². The molecule has 0 fully saturated rings. The lowest BCUT2D eigenvalue weighted by Gasteiger charge is -2.20. The van der Waals surface area contributed by atoms with Crippen LogP contribution in [0.2, 0.25) is 0 Å². The number of hydrogen-bond acceptors (Lipinski definition) is 9. The van der Waals surface area contributed by atoms with Crippen molar-refractivity contribution in [3.05, 3.63) is 21.8 Å². The predicted molar refractivity (Wildman–Crippen MR) is 121 cm³/mol. The fourth-order valence-corrected chi connectivity index (χ4v) is 5.89. The topological polar surface area (TPSA) is 188 Å². The third kappa shape index (κ3) is 6.21. The molecule has 1 amide bonds. The second kappa shape index (κ2) is 11.2. The van der Waals surface area contributed by atoms with Gasteiger partial charge >= 0.3 is 5.97 Å². The standard InChI is InChI=1S/C14H18I3N3O7/c15-8-6(13(25)20-1-4(23)2-21)9(16)11(18)10(17)7(8)14(26)27-12(19)5(24)3-22/h4-5,12,21-24H,1-3,18-19H2,(H,20,25). The molecule has 10 nitrogen and oxygen atoms in total. The van der Waals surface area contributed by atoms with E-state index in [1.807, 2.05) is 45.2 Å². The molecule has 152 valence electrons. The number of esters is 1. The molecule has 13 heteroatoms. The van der Waals surface area contributed by atoms with Gasteiger partial charge in [-0.15, -0.1) is 0 Å². The highest BCUT2D eigenvalue weighted by molar-refractivity contribution is 14.1. The average Bonchev–Trinajstić information content (AvgIpc) is 2.63. The van der Waals surface area contributed by atoms with Crippen LogP contribution in [0.4, 0.5) is 5.69 Å². The fraction of sp³-hybridized carbons (Fsp3) is 0.429. The van der Waals surface area contributed by atoms with Crippen molar-refractivity contribution in [3.8, 4) is 0 Å². The molecule has 1 aromatic carbocycles. The van der Waals surface area contributed by atoms with Gasteiger partial charge in [0.25, 0.3) is 5.91 Å². The van der Waals surface area contributed by atoms with Gasteiger partial charge in [-0.3, -0.25) is 10.5 Å². The van der Waals surface area contributed by atoms with E-state index < -0.39 is 43.5 Å². The number of anilines is 1. The Morgan fingerprint density at radius 3 is 2.11 bits per heavy atom. The summed E-state index contributed by atoms with van der Waals surface area (Å²) in [5.41, 5.74) is 11.8. The van der Waals surface area contributed by atoms with Crippen LogP contribution in [-0.2, 0) is 4.74 Å². The molecule has 0 aromatic heterocycles. The van der Waals surface area contributed by atoms with E-state index in [-0.39, 0.29) is 26.9 Å². The van der Waals surface area contributed by atoms with Crippen molar-refractivity contribution >= 4 is 85.3 Å². The smallest absolute Gasteiger partial charge is 0.342 e. The quantitative estimate of drug-likeness (QED) is 0.0762. The van der Waals surface area contributed by atoms with Crippen molar-refractivity contribution < 1.29 is 34.8 Å². The highest BCUT2D eigenvalue weighted by Crippen LogP contribution is 2.34. The van der Waals surface area contributed by atoms with Gasteiger partial charge in [0.1, 0.15) is 6.10 Å². The fourth-order valence-electron chi connectivity index (χ4n) is 1.79. The van der Waals surface area contributed by atoms with E-state index in [0.29, 0.717) is 7.14 Å². The summed E-state index contributed by atoms with van der Waals surface area (Å²) in [6.07, 6.45) is -4.06. The largest absolute Gasteiger partial charge is 0.440 e. The minimum absolute atomic E-state index is 0.0115. The molecular weight excluding hydrogens is 703 g/mol. The maximum absolute atomic E-state index is 12.5. The summed E-state index contributed by atoms with van der Waals surface area (Å²) < 4.78 is 5.92. The van der Waals surface area contributed by atoms with Gasteiger partial charge in [0.15, 0.2) is 6.23 Å². The molecule has 27 heavy (non-hydrogen) atoms. The maximum atomic E-state index is 12.5. The van der Waals surface area contributed by atoms with Crippen LogP contribution in [0.15, 0.2) is 0 Å². The van der Waals surface area contributed by atoms with E-state index in [0.717, 1.165) is 0 Å². The van der Waals surface area contributed by atoms with Crippen molar-refractivity contribution in [2.45, 2.75) is 18.4 Å². The Kier molecular flexibility index (Phi) is 10.4. The summed E-state index contributed by atoms with van der Waals surface area (Å²) in [6.45, 7) is -1.41. The molecule has 0 aliphatic rings. The van der Waals surface area contributed by atoms with Gasteiger partial charge in [0.05, 0.1) is 43.3 Å². The van der Waals surface area contributed by atoms with E-state index in [4.69, 9.17) is 26.4 Å². The van der Waals surface area contributed by atoms with Gasteiger partial charge in [-0.2, -0.15) is 0 Å². The number of carbonyl (C=O) groups is 2. The van der Waals surface area contributed by atoms with E-state index in [2.05, 4.69) is 5.32 Å². The predicted octanol–water partition coefficient (Wildman–Crippen LogP) is -1.04. The van der Waals surface area contributed by atoms with Crippen LogP contribution in [0.25, 0.3) is 0 Å². The molecule has 9 N–H and O–H groups in total. The van der Waals surface area contributed by atoms with Crippen LogP contribution in [0.1, 0.15) is 20.7 Å². The average molecular weight is 721 g/mol. The van der Waals surface area contributed by atoms with Crippen LogP contribution >= 0.6 is 67.8 Å². The molecule has 0 saturated carbocycles. The first-order chi connectivity index (χ1) is 12.6. The van der Waals surface area contributed by atoms with Crippen molar-refractivity contribution in [3.63, 3.8) is 0 Å². The van der Waals surface area contributed by atoms with E-state index in [1.54, 1.807) is 22.6 Å². The Bertz CT molecular complexity index is 720. The summed E-state index contributed by atoms with van der Waals surface area (Å²) >= 11 is 5.48. The molecule has 0 aliphatic heterocycles. The van der Waals surface area contributed by atoms with Crippen LogP contribution < -0.4 is 16.8 Å². The molecule has 0 radical (unpaired) electrons. The van der Waals surface area contributed by atoms with Crippen LogP contribution in [0, 0.1) is 10.7 Å². The SMILES string of the molecule is Nc1c(I)c(C(=O)NCC(O)CO)c(I)c(C(=O)OC(N)C(O)CO)c1I. The lowest BCUT2D eigenvalue weighted by molar-refractivity contribution is -0.0344. The molecule has 0 heterocycles. The lowest BCUT2D eigenvalue weighted by Crippen LogP contribution is -2.41. The number of nitrogens with two attached hydrogens (primary N) is 2. The molecule has 1 aromatic rings. The number of nitrogen functional groups attached to an aromatic ring is 1. The van der Waals surface area contributed by atoms with Gasteiger partial charge in [-0.25, -0.2) is 4.79 Å². The maximum Gasteiger partial charge on any atom is 0.342 e. The number of halogens is 3. The number of benzene rings is 1. The Balaban J connectivity index is 3.29. The van der Waals surface area contributed by atoms with Crippen LogP contribution in [0.5, 0.6) is 0 Å². The van der Waals surface area contributed by atoms with E-state index >= 15 is 0 Å². The molecule has 3 atom stereocenters. The molecule has 0 spiro atoms. The first-order valence-corrected chi connectivity index (χ1v) is 10.6. The monoisotopic (exact) mass is 721 g/mol. The highest BCUT2D eigenvalue weighted by Gasteiger charge is 2.29. The molecule has 0 saturated heterocycles. The van der Waals surface area contributed by atoms with Gasteiger partial charge < -0.3 is 36.2 Å². The summed E-state index contributed by atoms with van der Waals surface area (Å²) in [7, 11) is 0. The number of nitrogens with one attached hydrogen (secondary N) is 1. The normalized spacial score (nSPS) is 14.4. The van der Waals surface area contributed by atoms with Crippen molar-refractivity contribution in [2.75, 3.05) is 25.5 Å². The summed E-state index contributed by atoms with van der Waals surface area (Å²) in [4.78, 5) is 25.0. The minimum Gasteiger partial charge on any atom is -0.440 e. The van der Waals surface area contributed by atoms with E-state index in [9.17, 15) is 19.8 Å². The number of aliphatic hydroxyl groups is 4. The number of carbonyl (C=O) groups excluding carboxylic acids is 2. The Labute approximate surface area is 195 Å². The highest BCUT2D eigenvalue weighted by atomic mass is 127. The van der Waals surface area contributed by atoms with E-state index in [1.165, 1.54) is 0 Å². The molecule has 3 unspecified atom stereocenters. The van der Waals surface area contributed by atoms with Gasteiger partial charge in [-0.05, 0) is 67.8 Å². The molecule has 0 bridgehead atoms. The lowest BCUT2D eigenvalue weighted by atomic mass is 10.1. The molecular formula is C14H18I3N3O7. The number of rotatable bonds is 8. The Morgan fingerprint density at radius 2 is 1.59 bits per heavy atom. The second-order valence-electron chi connectivity index (χ2n) is 5.27. The zero-order valence-electron chi connectivity index (χ0n) is 13.7. The van der Waals surface area contributed by atoms with Crippen molar-refractivity contribution in [1.82, 2.24) is 5.32 Å². The van der Waals surface area contributed by atoms with Crippen LogP contribution in [0.3, 0.4) is 0 Å². The van der Waals surface area contributed by atoms with Gasteiger partial charge in [0.2, 0.25) is 0 Å². The number of ether oxygens (including phenoxy) is 1.